The monoisotopic (exact) mass is 213 g/mol. The van der Waals surface area contributed by atoms with E-state index in [1.54, 1.807) is 14.2 Å². The minimum Gasteiger partial charge on any atom is -0.493 e. The van der Waals surface area contributed by atoms with Crippen LogP contribution in [0.3, 0.4) is 0 Å². The lowest BCUT2D eigenvalue weighted by molar-refractivity contribution is 0.354. The van der Waals surface area contributed by atoms with Gasteiger partial charge in [-0.1, -0.05) is 0 Å². The maximum Gasteiger partial charge on any atom is 0.161 e. The molecule has 1 aromatic carbocycles. The normalized spacial score (nSPS) is 12.4. The molecule has 4 heteroatoms. The maximum atomic E-state index is 5.70. The number of nitrogens with two attached hydrogens (primary N) is 1. The first-order valence-electron chi connectivity index (χ1n) is 4.26. The smallest absolute Gasteiger partial charge is 0.161 e. The Balaban J connectivity index is 3.23. The predicted octanol–water partition coefficient (Wildman–Crippen LogP) is 1.90. The third kappa shape index (κ3) is 2.13. The summed E-state index contributed by atoms with van der Waals surface area (Å²) in [6, 6.07) is 3.75. The summed E-state index contributed by atoms with van der Waals surface area (Å²) in [5.74, 6) is 1.39. The lowest BCUT2D eigenvalue weighted by Crippen LogP contribution is -2.05. The molecule has 0 fully saturated rings. The van der Waals surface area contributed by atoms with Crippen LogP contribution in [0.15, 0.2) is 12.1 Å². The van der Waals surface area contributed by atoms with E-state index >= 15 is 0 Å². The largest absolute Gasteiger partial charge is 0.493 e. The quantitative estimate of drug-likeness (QED) is 0.595. The Morgan fingerprint density at radius 2 is 1.71 bits per heavy atom. The van der Waals surface area contributed by atoms with Crippen molar-refractivity contribution in [2.24, 2.45) is 5.73 Å². The van der Waals surface area contributed by atoms with Crippen molar-refractivity contribution in [3.8, 4) is 11.5 Å². The molecule has 0 saturated carbocycles. The van der Waals surface area contributed by atoms with E-state index in [9.17, 15) is 0 Å². The van der Waals surface area contributed by atoms with Gasteiger partial charge in [0.05, 0.1) is 19.6 Å². The average Bonchev–Trinajstić information content (AvgIpc) is 2.16. The molecule has 78 valence electrons. The van der Waals surface area contributed by atoms with Gasteiger partial charge in [-0.3, -0.25) is 0 Å². The first-order valence-corrected chi connectivity index (χ1v) is 4.78. The van der Waals surface area contributed by atoms with Gasteiger partial charge in [0.25, 0.3) is 0 Å². The SMILES string of the molecule is COc1cc(C)c(C(N)S)cc1OC. The Labute approximate surface area is 89.6 Å². The molecule has 14 heavy (non-hydrogen) atoms. The summed E-state index contributed by atoms with van der Waals surface area (Å²) in [7, 11) is 3.21. The van der Waals surface area contributed by atoms with Gasteiger partial charge in [-0.2, -0.15) is 12.6 Å². The number of methoxy groups -OCH3 is 2. The average molecular weight is 213 g/mol. The Bertz CT molecular complexity index is 326. The summed E-state index contributed by atoms with van der Waals surface area (Å²) in [5.41, 5.74) is 7.69. The molecule has 0 bridgehead atoms. The molecule has 0 aliphatic carbocycles. The molecule has 2 N–H and O–H groups in total. The van der Waals surface area contributed by atoms with E-state index in [0.29, 0.717) is 11.5 Å². The van der Waals surface area contributed by atoms with Crippen molar-refractivity contribution >= 4 is 12.6 Å². The predicted molar refractivity (Wildman–Crippen MR) is 60.2 cm³/mol. The highest BCUT2D eigenvalue weighted by molar-refractivity contribution is 7.80. The van der Waals surface area contributed by atoms with E-state index in [1.165, 1.54) is 0 Å². The van der Waals surface area contributed by atoms with E-state index in [-0.39, 0.29) is 5.37 Å². The zero-order valence-electron chi connectivity index (χ0n) is 8.57. The standard InChI is InChI=1S/C10H15NO2S/c1-6-4-8(12-2)9(13-3)5-7(6)10(11)14/h4-5,10,14H,11H2,1-3H3. The summed E-state index contributed by atoms with van der Waals surface area (Å²) in [4.78, 5) is 0. The molecule has 0 heterocycles. The number of hydrogen-bond acceptors (Lipinski definition) is 4. The third-order valence-electron chi connectivity index (χ3n) is 2.09. The van der Waals surface area contributed by atoms with E-state index in [1.807, 2.05) is 19.1 Å². The molecule has 1 aromatic rings. The molecular weight excluding hydrogens is 198 g/mol. The summed E-state index contributed by atoms with van der Waals surface area (Å²) in [6.07, 6.45) is 0. The fraction of sp³-hybridized carbons (Fsp3) is 0.400. The molecule has 0 spiro atoms. The van der Waals surface area contributed by atoms with E-state index in [0.717, 1.165) is 11.1 Å². The highest BCUT2D eigenvalue weighted by Crippen LogP contribution is 2.32. The van der Waals surface area contributed by atoms with Crippen molar-refractivity contribution in [2.75, 3.05) is 14.2 Å². The van der Waals surface area contributed by atoms with Crippen LogP contribution in [0.4, 0.5) is 0 Å². The summed E-state index contributed by atoms with van der Waals surface area (Å²) in [6.45, 7) is 1.97. The second kappa shape index (κ2) is 4.57. The molecule has 0 amide bonds. The second-order valence-corrected chi connectivity index (χ2v) is 3.56. The van der Waals surface area contributed by atoms with Crippen LogP contribution in [0.1, 0.15) is 16.5 Å². The molecule has 1 atom stereocenters. The van der Waals surface area contributed by atoms with Gasteiger partial charge in [-0.05, 0) is 30.2 Å². The van der Waals surface area contributed by atoms with Crippen molar-refractivity contribution in [1.29, 1.82) is 0 Å². The van der Waals surface area contributed by atoms with Crippen LogP contribution in [0.25, 0.3) is 0 Å². The molecule has 0 saturated heterocycles. The van der Waals surface area contributed by atoms with Crippen LogP contribution < -0.4 is 15.2 Å². The van der Waals surface area contributed by atoms with Crippen LogP contribution in [-0.4, -0.2) is 14.2 Å². The van der Waals surface area contributed by atoms with Gasteiger partial charge in [-0.15, -0.1) is 0 Å². The van der Waals surface area contributed by atoms with E-state index in [2.05, 4.69) is 12.6 Å². The number of thiol groups is 1. The van der Waals surface area contributed by atoms with Crippen LogP contribution >= 0.6 is 12.6 Å². The molecule has 0 aromatic heterocycles. The molecule has 3 nitrogen and oxygen atoms in total. The van der Waals surface area contributed by atoms with Crippen molar-refractivity contribution in [2.45, 2.75) is 12.3 Å². The topological polar surface area (TPSA) is 44.5 Å². The highest BCUT2D eigenvalue weighted by atomic mass is 32.1. The van der Waals surface area contributed by atoms with Crippen molar-refractivity contribution in [3.63, 3.8) is 0 Å². The molecular formula is C10H15NO2S. The number of ether oxygens (including phenoxy) is 2. The fourth-order valence-corrected chi connectivity index (χ4v) is 1.59. The minimum atomic E-state index is -0.296. The van der Waals surface area contributed by atoms with Crippen molar-refractivity contribution < 1.29 is 9.47 Å². The van der Waals surface area contributed by atoms with Gasteiger partial charge < -0.3 is 15.2 Å². The molecule has 0 radical (unpaired) electrons. The fourth-order valence-electron chi connectivity index (χ4n) is 1.31. The van der Waals surface area contributed by atoms with Gasteiger partial charge in [0.2, 0.25) is 0 Å². The Morgan fingerprint density at radius 1 is 1.21 bits per heavy atom. The Morgan fingerprint density at radius 3 is 2.14 bits per heavy atom. The number of rotatable bonds is 3. The van der Waals surface area contributed by atoms with Crippen LogP contribution in [0, 0.1) is 6.92 Å². The van der Waals surface area contributed by atoms with Crippen molar-refractivity contribution in [3.05, 3.63) is 23.3 Å². The summed E-state index contributed by atoms with van der Waals surface area (Å²) < 4.78 is 10.3. The molecule has 0 aliphatic heterocycles. The van der Waals surface area contributed by atoms with Crippen LogP contribution in [-0.2, 0) is 0 Å². The Hall–Kier alpha value is -0.870. The Kier molecular flexibility index (Phi) is 3.66. The first-order chi connectivity index (χ1) is 6.60. The van der Waals surface area contributed by atoms with Gasteiger partial charge in [0.1, 0.15) is 0 Å². The zero-order chi connectivity index (χ0) is 10.7. The molecule has 1 rings (SSSR count). The lowest BCUT2D eigenvalue weighted by Gasteiger charge is -2.14. The summed E-state index contributed by atoms with van der Waals surface area (Å²) >= 11 is 4.19. The zero-order valence-corrected chi connectivity index (χ0v) is 9.47. The van der Waals surface area contributed by atoms with Crippen molar-refractivity contribution in [1.82, 2.24) is 0 Å². The molecule has 1 unspecified atom stereocenters. The van der Waals surface area contributed by atoms with E-state index in [4.69, 9.17) is 15.2 Å². The number of hydrogen-bond donors (Lipinski definition) is 2. The van der Waals surface area contributed by atoms with Gasteiger partial charge in [-0.25, -0.2) is 0 Å². The number of benzene rings is 1. The highest BCUT2D eigenvalue weighted by Gasteiger charge is 2.11. The van der Waals surface area contributed by atoms with Gasteiger partial charge in [0.15, 0.2) is 11.5 Å². The number of aryl methyl sites for hydroxylation is 1. The molecule has 0 aliphatic rings. The van der Waals surface area contributed by atoms with E-state index < -0.39 is 0 Å². The van der Waals surface area contributed by atoms with Crippen LogP contribution in [0.5, 0.6) is 11.5 Å². The van der Waals surface area contributed by atoms with Gasteiger partial charge in [0, 0.05) is 0 Å². The van der Waals surface area contributed by atoms with Gasteiger partial charge >= 0.3 is 0 Å². The summed E-state index contributed by atoms with van der Waals surface area (Å²) in [5, 5.41) is -0.296. The van der Waals surface area contributed by atoms with Crippen LogP contribution in [0.2, 0.25) is 0 Å². The second-order valence-electron chi connectivity index (χ2n) is 3.01. The minimum absolute atomic E-state index is 0.296. The lowest BCUT2D eigenvalue weighted by atomic mass is 10.1. The first kappa shape index (κ1) is 11.2. The maximum absolute atomic E-state index is 5.70. The third-order valence-corrected chi connectivity index (χ3v) is 2.37.